The van der Waals surface area contributed by atoms with Crippen molar-refractivity contribution in [3.05, 3.63) is 77.3 Å². The van der Waals surface area contributed by atoms with Gasteiger partial charge in [-0.15, -0.1) is 0 Å². The minimum Gasteiger partial charge on any atom is -0.494 e. The Labute approximate surface area is 276 Å². The molecule has 46 heavy (non-hydrogen) atoms. The van der Waals surface area contributed by atoms with Crippen LogP contribution in [0.2, 0.25) is 5.02 Å². The third-order valence-corrected chi connectivity index (χ3v) is 10.2. The summed E-state index contributed by atoms with van der Waals surface area (Å²) in [6.45, 7) is 3.35. The number of sulfonamides is 1. The first-order chi connectivity index (χ1) is 22.1. The highest BCUT2D eigenvalue weighted by Crippen LogP contribution is 2.33. The van der Waals surface area contributed by atoms with Crippen molar-refractivity contribution in [3.63, 3.8) is 0 Å². The van der Waals surface area contributed by atoms with Gasteiger partial charge in [-0.3, -0.25) is 13.9 Å². The molecule has 3 aromatic rings. The van der Waals surface area contributed by atoms with Crippen LogP contribution in [0.4, 0.5) is 5.69 Å². The Hall–Kier alpha value is -3.96. The van der Waals surface area contributed by atoms with Gasteiger partial charge in [0.2, 0.25) is 11.8 Å². The monoisotopic (exact) mass is 671 g/mol. The van der Waals surface area contributed by atoms with Crippen molar-refractivity contribution in [3.8, 4) is 17.2 Å². The number of halogens is 1. The number of rotatable bonds is 14. The number of benzene rings is 3. The summed E-state index contributed by atoms with van der Waals surface area (Å²) in [5.41, 5.74) is 0.869. The number of carbonyl (C=O) groups excluding carboxylic acids is 2. The fourth-order valence-corrected chi connectivity index (χ4v) is 7.10. The molecule has 0 saturated heterocycles. The van der Waals surface area contributed by atoms with Crippen LogP contribution in [0.15, 0.2) is 71.6 Å². The molecular weight excluding hydrogens is 630 g/mol. The number of nitrogens with one attached hydrogen (secondary N) is 1. The lowest BCUT2D eigenvalue weighted by Gasteiger charge is -2.33. The van der Waals surface area contributed by atoms with Crippen molar-refractivity contribution in [2.45, 2.75) is 69.5 Å². The van der Waals surface area contributed by atoms with Crippen molar-refractivity contribution in [2.24, 2.45) is 0 Å². The maximum Gasteiger partial charge on any atom is 0.264 e. The molecule has 0 spiro atoms. The van der Waals surface area contributed by atoms with Crippen molar-refractivity contribution in [2.75, 3.05) is 31.7 Å². The summed E-state index contributed by atoms with van der Waals surface area (Å²) in [5, 5.41) is 3.53. The van der Waals surface area contributed by atoms with E-state index in [9.17, 15) is 18.0 Å². The number of ether oxygens (including phenoxy) is 3. The van der Waals surface area contributed by atoms with E-state index in [1.54, 1.807) is 55.5 Å². The highest BCUT2D eigenvalue weighted by atomic mass is 35.5. The Balaban J connectivity index is 1.72. The minimum atomic E-state index is -4.33. The molecule has 10 nitrogen and oxygen atoms in total. The molecule has 0 radical (unpaired) electrons. The van der Waals surface area contributed by atoms with Crippen LogP contribution < -0.4 is 23.8 Å². The van der Waals surface area contributed by atoms with E-state index in [0.717, 1.165) is 36.4 Å². The Kier molecular flexibility index (Phi) is 12.2. The quantitative estimate of drug-likeness (QED) is 0.230. The van der Waals surface area contributed by atoms with E-state index in [-0.39, 0.29) is 34.8 Å². The van der Waals surface area contributed by atoms with E-state index >= 15 is 0 Å². The highest BCUT2D eigenvalue weighted by Gasteiger charge is 2.34. The molecule has 4 rings (SSSR count). The number of nitrogens with zero attached hydrogens (tertiary/aromatic N) is 2. The van der Waals surface area contributed by atoms with E-state index in [0.29, 0.717) is 28.7 Å². The predicted molar refractivity (Wildman–Crippen MR) is 178 cm³/mol. The van der Waals surface area contributed by atoms with Crippen LogP contribution in [-0.2, 0) is 26.2 Å². The minimum absolute atomic E-state index is 0.00524. The zero-order valence-corrected chi connectivity index (χ0v) is 28.3. The van der Waals surface area contributed by atoms with Crippen LogP contribution in [0.25, 0.3) is 0 Å². The van der Waals surface area contributed by atoms with Crippen LogP contribution >= 0.6 is 11.6 Å². The second-order valence-electron chi connectivity index (χ2n) is 11.1. The molecule has 0 bridgehead atoms. The van der Waals surface area contributed by atoms with E-state index in [4.69, 9.17) is 25.8 Å². The molecule has 3 aromatic carbocycles. The Morgan fingerprint density at radius 3 is 2.26 bits per heavy atom. The third-order valence-electron chi connectivity index (χ3n) is 8.07. The summed E-state index contributed by atoms with van der Waals surface area (Å²) < 4.78 is 45.8. The van der Waals surface area contributed by atoms with Crippen LogP contribution in [0.5, 0.6) is 17.2 Å². The Bertz CT molecular complexity index is 1590. The average molecular weight is 672 g/mol. The topological polar surface area (TPSA) is 114 Å². The fraction of sp³-hybridized carbons (Fsp3) is 0.412. The highest BCUT2D eigenvalue weighted by molar-refractivity contribution is 7.92. The summed E-state index contributed by atoms with van der Waals surface area (Å²) in [4.78, 5) is 29.1. The lowest BCUT2D eigenvalue weighted by atomic mass is 9.95. The van der Waals surface area contributed by atoms with Crippen LogP contribution in [0.1, 0.15) is 51.5 Å². The number of anilines is 1. The zero-order chi connectivity index (χ0) is 33.3. The molecule has 0 heterocycles. The van der Waals surface area contributed by atoms with Gasteiger partial charge in [0.15, 0.2) is 11.5 Å². The van der Waals surface area contributed by atoms with Crippen molar-refractivity contribution in [1.82, 2.24) is 10.2 Å². The number of methoxy groups -OCH3 is 2. The van der Waals surface area contributed by atoms with Gasteiger partial charge >= 0.3 is 0 Å². The molecular formula is C34H42ClN3O7S. The van der Waals surface area contributed by atoms with Gasteiger partial charge in [0, 0.05) is 23.7 Å². The summed E-state index contributed by atoms with van der Waals surface area (Å²) in [6.07, 6.45) is 4.96. The zero-order valence-electron chi connectivity index (χ0n) is 26.7. The van der Waals surface area contributed by atoms with Crippen molar-refractivity contribution < 1.29 is 32.2 Å². The van der Waals surface area contributed by atoms with Gasteiger partial charge in [-0.2, -0.15) is 0 Å². The lowest BCUT2D eigenvalue weighted by Crippen LogP contribution is -2.53. The van der Waals surface area contributed by atoms with E-state index in [1.165, 1.54) is 37.3 Å². The van der Waals surface area contributed by atoms with E-state index < -0.39 is 28.5 Å². The number of carbonyl (C=O) groups is 2. The van der Waals surface area contributed by atoms with Gasteiger partial charge in [-0.05, 0) is 74.7 Å². The molecule has 1 aliphatic carbocycles. The molecule has 1 atom stereocenters. The van der Waals surface area contributed by atoms with E-state index in [1.807, 2.05) is 6.92 Å². The maximum atomic E-state index is 14.3. The van der Waals surface area contributed by atoms with Gasteiger partial charge in [-0.1, -0.05) is 49.1 Å². The molecule has 1 aliphatic rings. The Morgan fingerprint density at radius 2 is 1.63 bits per heavy atom. The lowest BCUT2D eigenvalue weighted by molar-refractivity contribution is -0.139. The van der Waals surface area contributed by atoms with E-state index in [2.05, 4.69) is 5.32 Å². The summed E-state index contributed by atoms with van der Waals surface area (Å²) in [6, 6.07) is 16.9. The van der Waals surface area contributed by atoms with Gasteiger partial charge in [-0.25, -0.2) is 8.42 Å². The molecule has 248 valence electrons. The number of hydrogen-bond donors (Lipinski definition) is 1. The number of hydrogen-bond acceptors (Lipinski definition) is 7. The van der Waals surface area contributed by atoms with Crippen LogP contribution in [0, 0.1) is 0 Å². The molecule has 1 unspecified atom stereocenters. The van der Waals surface area contributed by atoms with Gasteiger partial charge < -0.3 is 24.4 Å². The van der Waals surface area contributed by atoms with Gasteiger partial charge in [0.25, 0.3) is 10.0 Å². The molecule has 1 fully saturated rings. The molecule has 0 aromatic heterocycles. The van der Waals surface area contributed by atoms with Gasteiger partial charge in [0.05, 0.1) is 31.4 Å². The summed E-state index contributed by atoms with van der Waals surface area (Å²) in [7, 11) is -1.47. The SMILES string of the molecule is CCOc1ccc(N(CC(=O)N(Cc2ccccc2Cl)C(C)C(=O)NC2CCCCC2)S(=O)(=O)c2ccc(OC)c(OC)c2)cc1. The second kappa shape index (κ2) is 16.0. The van der Waals surface area contributed by atoms with Crippen LogP contribution in [-0.4, -0.2) is 64.6 Å². The average Bonchev–Trinajstić information content (AvgIpc) is 3.07. The third kappa shape index (κ3) is 8.44. The smallest absolute Gasteiger partial charge is 0.264 e. The molecule has 1 N–H and O–H groups in total. The largest absolute Gasteiger partial charge is 0.494 e. The Morgan fingerprint density at radius 1 is 0.957 bits per heavy atom. The molecule has 2 amide bonds. The molecule has 0 aliphatic heterocycles. The van der Waals surface area contributed by atoms with Crippen molar-refractivity contribution in [1.29, 1.82) is 0 Å². The molecule has 1 saturated carbocycles. The van der Waals surface area contributed by atoms with Crippen LogP contribution in [0.3, 0.4) is 0 Å². The summed E-state index contributed by atoms with van der Waals surface area (Å²) in [5.74, 6) is 0.241. The fourth-order valence-electron chi connectivity index (χ4n) is 5.47. The first-order valence-corrected chi connectivity index (χ1v) is 17.2. The normalized spacial score (nSPS) is 14.2. The standard InChI is InChI=1S/C34H42ClN3O7S/c1-5-45-28-17-15-27(16-18-28)38(46(41,42)29-19-20-31(43-3)32(21-29)44-4)23-33(39)37(22-25-11-9-10-14-30(25)35)24(2)34(40)36-26-12-7-6-8-13-26/h9-11,14-21,24,26H,5-8,12-13,22-23H2,1-4H3,(H,36,40). The second-order valence-corrected chi connectivity index (χ2v) is 13.4. The predicted octanol–water partition coefficient (Wildman–Crippen LogP) is 5.82. The first-order valence-electron chi connectivity index (χ1n) is 15.4. The van der Waals surface area contributed by atoms with Gasteiger partial charge in [0.1, 0.15) is 18.3 Å². The first kappa shape index (κ1) is 34.9. The van der Waals surface area contributed by atoms with Crippen molar-refractivity contribution >= 4 is 39.1 Å². The number of amides is 2. The maximum absolute atomic E-state index is 14.3. The summed E-state index contributed by atoms with van der Waals surface area (Å²) >= 11 is 6.48. The molecule has 12 heteroatoms.